The van der Waals surface area contributed by atoms with Gasteiger partial charge in [-0.2, -0.15) is 0 Å². The van der Waals surface area contributed by atoms with Crippen LogP contribution in [0, 0.1) is 17.8 Å². The minimum atomic E-state index is -0.998. The highest BCUT2D eigenvalue weighted by Gasteiger charge is 2.26. The predicted molar refractivity (Wildman–Crippen MR) is 151 cm³/mol. The van der Waals surface area contributed by atoms with Crippen LogP contribution in [-0.2, 0) is 35.1 Å². The minimum Gasteiger partial charge on any atom is -0.461 e. The molecule has 0 aromatic heterocycles. The van der Waals surface area contributed by atoms with Crippen molar-refractivity contribution in [3.63, 3.8) is 0 Å². The number of benzene rings is 1. The second kappa shape index (κ2) is 17.0. The van der Waals surface area contributed by atoms with E-state index in [1.807, 2.05) is 13.8 Å². The molecule has 1 fully saturated rings. The van der Waals surface area contributed by atoms with Crippen molar-refractivity contribution < 1.29 is 38.1 Å². The number of nitrogens with two attached hydrogens (primary N) is 1. The average Bonchev–Trinajstić information content (AvgIpc) is 2.93. The van der Waals surface area contributed by atoms with Crippen molar-refractivity contribution in [1.82, 2.24) is 0 Å². The topological polar surface area (TPSA) is 131 Å². The quantitative estimate of drug-likeness (QED) is 0.224. The molecule has 1 aromatic rings. The van der Waals surface area contributed by atoms with Crippen molar-refractivity contribution in [3.05, 3.63) is 23.8 Å². The van der Waals surface area contributed by atoms with Gasteiger partial charge in [-0.1, -0.05) is 65.9 Å². The van der Waals surface area contributed by atoms with Crippen LogP contribution in [0.3, 0.4) is 0 Å². The molecule has 0 heterocycles. The molecule has 1 aliphatic carbocycles. The standard InChI is InChI=1S/C31H47NO8/c1-6-11-20(3)28(33)39-26-16-15-23(18-27(26)40-29(34)21(4)12-7-2)17-25(32)31(36)37-19-22(5)38-30(35)24-13-9-8-10-14-24/h15-16,18,20-22,24-25H,6-14,17,19,32H2,1-5H3/t20?,21?,22-,25-/m0/s1. The van der Waals surface area contributed by atoms with E-state index >= 15 is 0 Å². The predicted octanol–water partition coefficient (Wildman–Crippen LogP) is 5.29. The zero-order valence-corrected chi connectivity index (χ0v) is 24.7. The van der Waals surface area contributed by atoms with Crippen LogP contribution < -0.4 is 15.2 Å². The van der Waals surface area contributed by atoms with E-state index in [-0.39, 0.29) is 48.2 Å². The van der Waals surface area contributed by atoms with Crippen LogP contribution in [0.5, 0.6) is 11.5 Å². The van der Waals surface area contributed by atoms with E-state index in [4.69, 9.17) is 24.7 Å². The van der Waals surface area contributed by atoms with Gasteiger partial charge in [0.25, 0.3) is 0 Å². The molecule has 1 aliphatic rings. The molecule has 0 amide bonds. The highest BCUT2D eigenvalue weighted by molar-refractivity contribution is 5.79. The van der Waals surface area contributed by atoms with Crippen molar-refractivity contribution in [3.8, 4) is 11.5 Å². The second-order valence-electron chi connectivity index (χ2n) is 11.0. The van der Waals surface area contributed by atoms with Gasteiger partial charge < -0.3 is 24.7 Å². The van der Waals surface area contributed by atoms with Gasteiger partial charge in [-0.15, -0.1) is 0 Å². The van der Waals surface area contributed by atoms with Gasteiger partial charge >= 0.3 is 23.9 Å². The maximum absolute atomic E-state index is 12.6. The van der Waals surface area contributed by atoms with E-state index in [9.17, 15) is 19.2 Å². The van der Waals surface area contributed by atoms with E-state index in [2.05, 4.69) is 0 Å². The Labute approximate surface area is 238 Å². The highest BCUT2D eigenvalue weighted by Crippen LogP contribution is 2.31. The second-order valence-corrected chi connectivity index (χ2v) is 11.0. The van der Waals surface area contributed by atoms with Crippen LogP contribution in [0.25, 0.3) is 0 Å². The molecule has 1 aromatic carbocycles. The molecular weight excluding hydrogens is 514 g/mol. The summed E-state index contributed by atoms with van der Waals surface area (Å²) in [5, 5.41) is 0. The largest absolute Gasteiger partial charge is 0.461 e. The van der Waals surface area contributed by atoms with E-state index in [1.54, 1.807) is 39.0 Å². The van der Waals surface area contributed by atoms with Crippen LogP contribution >= 0.6 is 0 Å². The Kier molecular flexibility index (Phi) is 14.1. The zero-order chi connectivity index (χ0) is 29.7. The Morgan fingerprint density at radius 1 is 0.850 bits per heavy atom. The zero-order valence-electron chi connectivity index (χ0n) is 24.7. The summed E-state index contributed by atoms with van der Waals surface area (Å²) in [5.41, 5.74) is 6.71. The molecule has 0 spiro atoms. The van der Waals surface area contributed by atoms with Crippen molar-refractivity contribution in [2.24, 2.45) is 23.5 Å². The first-order valence-electron chi connectivity index (χ1n) is 14.7. The van der Waals surface area contributed by atoms with Crippen molar-refractivity contribution in [1.29, 1.82) is 0 Å². The Balaban J connectivity index is 2.02. The minimum absolute atomic E-state index is 0.0838. The van der Waals surface area contributed by atoms with Crippen LogP contribution in [0.2, 0.25) is 0 Å². The summed E-state index contributed by atoms with van der Waals surface area (Å²) in [4.78, 5) is 50.1. The molecule has 9 nitrogen and oxygen atoms in total. The molecule has 224 valence electrons. The summed E-state index contributed by atoms with van der Waals surface area (Å²) in [6.45, 7) is 9.13. The number of carbonyl (C=O) groups excluding carboxylic acids is 4. The number of esters is 4. The molecule has 0 bridgehead atoms. The van der Waals surface area contributed by atoms with Gasteiger partial charge in [0, 0.05) is 0 Å². The number of carbonyl (C=O) groups is 4. The number of hydrogen-bond acceptors (Lipinski definition) is 9. The van der Waals surface area contributed by atoms with Gasteiger partial charge in [0.05, 0.1) is 17.8 Å². The van der Waals surface area contributed by atoms with E-state index in [0.717, 1.165) is 44.9 Å². The monoisotopic (exact) mass is 561 g/mol. The summed E-state index contributed by atoms with van der Waals surface area (Å²) >= 11 is 0. The van der Waals surface area contributed by atoms with Crippen molar-refractivity contribution in [2.75, 3.05) is 6.61 Å². The van der Waals surface area contributed by atoms with Gasteiger partial charge in [-0.05, 0) is 56.7 Å². The molecule has 0 radical (unpaired) electrons. The molecule has 2 rings (SSSR count). The maximum Gasteiger partial charge on any atom is 0.323 e. The fraction of sp³-hybridized carbons (Fsp3) is 0.677. The highest BCUT2D eigenvalue weighted by atomic mass is 16.6. The Morgan fingerprint density at radius 2 is 1.43 bits per heavy atom. The molecule has 9 heteroatoms. The van der Waals surface area contributed by atoms with Gasteiger partial charge in [-0.3, -0.25) is 19.2 Å². The van der Waals surface area contributed by atoms with Crippen LogP contribution in [0.15, 0.2) is 18.2 Å². The van der Waals surface area contributed by atoms with Crippen LogP contribution in [0.1, 0.15) is 98.0 Å². The number of ether oxygens (including phenoxy) is 4. The summed E-state index contributed by atoms with van der Waals surface area (Å²) in [6, 6.07) is 3.78. The van der Waals surface area contributed by atoms with E-state index in [0.29, 0.717) is 18.4 Å². The fourth-order valence-corrected chi connectivity index (χ4v) is 4.67. The fourth-order valence-electron chi connectivity index (χ4n) is 4.67. The molecule has 4 atom stereocenters. The smallest absolute Gasteiger partial charge is 0.323 e. The molecule has 2 unspecified atom stereocenters. The summed E-state index contributed by atoms with van der Waals surface area (Å²) < 4.78 is 22.0. The summed E-state index contributed by atoms with van der Waals surface area (Å²) in [6.07, 6.45) is 7.38. The third kappa shape index (κ3) is 10.9. The average molecular weight is 562 g/mol. The summed E-state index contributed by atoms with van der Waals surface area (Å²) in [7, 11) is 0. The molecule has 0 aliphatic heterocycles. The van der Waals surface area contributed by atoms with Gasteiger partial charge in [0.1, 0.15) is 18.8 Å². The lowest BCUT2D eigenvalue weighted by molar-refractivity contribution is -0.162. The van der Waals surface area contributed by atoms with Gasteiger partial charge in [0.15, 0.2) is 11.5 Å². The number of rotatable bonds is 15. The third-order valence-electron chi connectivity index (χ3n) is 7.15. The first kappa shape index (κ1) is 33.3. The normalized spacial score (nSPS) is 16.8. The first-order chi connectivity index (χ1) is 19.0. The van der Waals surface area contributed by atoms with Crippen molar-refractivity contribution >= 4 is 23.9 Å². The van der Waals surface area contributed by atoms with E-state index < -0.39 is 30.1 Å². The maximum atomic E-state index is 12.6. The molecule has 40 heavy (non-hydrogen) atoms. The van der Waals surface area contributed by atoms with Crippen LogP contribution in [-0.4, -0.2) is 42.6 Å². The van der Waals surface area contributed by atoms with Gasteiger partial charge in [0.2, 0.25) is 0 Å². The summed E-state index contributed by atoms with van der Waals surface area (Å²) in [5.74, 6) is -2.20. The lowest BCUT2D eigenvalue weighted by Gasteiger charge is -2.22. The Bertz CT molecular complexity index is 988. The third-order valence-corrected chi connectivity index (χ3v) is 7.15. The Hall–Kier alpha value is -2.94. The Morgan fingerprint density at radius 3 is 2.00 bits per heavy atom. The molecular formula is C31H47NO8. The first-order valence-corrected chi connectivity index (χ1v) is 14.7. The van der Waals surface area contributed by atoms with Crippen LogP contribution in [0.4, 0.5) is 0 Å². The van der Waals surface area contributed by atoms with E-state index in [1.165, 1.54) is 0 Å². The van der Waals surface area contributed by atoms with Gasteiger partial charge in [-0.25, -0.2) is 0 Å². The molecule has 0 saturated heterocycles. The lowest BCUT2D eigenvalue weighted by Crippen LogP contribution is -2.36. The SMILES string of the molecule is CCCC(C)C(=O)Oc1ccc(C[C@H](N)C(=O)OC[C@H](C)OC(=O)C2CCCCC2)cc1OC(=O)C(C)CCC. The number of hydrogen-bond donors (Lipinski definition) is 1. The lowest BCUT2D eigenvalue weighted by atomic mass is 9.89. The molecule has 1 saturated carbocycles. The van der Waals surface area contributed by atoms with Crippen molar-refractivity contribution in [2.45, 2.75) is 111 Å². The molecule has 2 N–H and O–H groups in total.